The van der Waals surface area contributed by atoms with Crippen molar-refractivity contribution in [2.24, 2.45) is 0 Å². The molecule has 0 aliphatic carbocycles. The average molecular weight is 284 g/mol. The number of benzene rings is 1. The number of para-hydroxylation sites is 1. The summed E-state index contributed by atoms with van der Waals surface area (Å²) in [6.45, 7) is 3.50. The third-order valence-electron chi connectivity index (χ3n) is 2.71. The molecule has 0 aliphatic heterocycles. The molecule has 0 saturated carbocycles. The molecular formula is C13H20N2O3S. The summed E-state index contributed by atoms with van der Waals surface area (Å²) in [6.07, 6.45) is 0.557. The third kappa shape index (κ3) is 3.96. The Morgan fingerprint density at radius 1 is 1.32 bits per heavy atom. The van der Waals surface area contributed by atoms with Crippen molar-refractivity contribution < 1.29 is 13.2 Å². The summed E-state index contributed by atoms with van der Waals surface area (Å²) in [4.78, 5) is 11.7. The van der Waals surface area contributed by atoms with Gasteiger partial charge in [-0.2, -0.15) is 0 Å². The molecule has 0 spiro atoms. The molecular weight excluding hydrogens is 264 g/mol. The monoisotopic (exact) mass is 284 g/mol. The van der Waals surface area contributed by atoms with Crippen LogP contribution in [0.5, 0.6) is 0 Å². The van der Waals surface area contributed by atoms with Gasteiger partial charge in [0.1, 0.15) is 6.04 Å². The van der Waals surface area contributed by atoms with Gasteiger partial charge in [0.25, 0.3) is 0 Å². The second-order valence-corrected chi connectivity index (χ2v) is 6.37. The summed E-state index contributed by atoms with van der Waals surface area (Å²) < 4.78 is 24.3. The van der Waals surface area contributed by atoms with Gasteiger partial charge in [0.15, 0.2) is 9.84 Å². The average Bonchev–Trinajstić information content (AvgIpc) is 2.38. The second kappa shape index (κ2) is 6.56. The Bertz CT molecular complexity index is 541. The quantitative estimate of drug-likeness (QED) is 0.828. The van der Waals surface area contributed by atoms with Crippen molar-refractivity contribution >= 4 is 21.4 Å². The van der Waals surface area contributed by atoms with Gasteiger partial charge in [0, 0.05) is 7.05 Å². The Hall–Kier alpha value is -1.56. The van der Waals surface area contributed by atoms with E-state index in [1.807, 2.05) is 6.92 Å². The molecule has 0 saturated heterocycles. The lowest BCUT2D eigenvalue weighted by Gasteiger charge is -2.16. The van der Waals surface area contributed by atoms with Gasteiger partial charge < -0.3 is 10.6 Å². The first-order valence-electron chi connectivity index (χ1n) is 6.22. The summed E-state index contributed by atoms with van der Waals surface area (Å²) in [5.41, 5.74) is 0.465. The molecule has 1 aromatic rings. The summed E-state index contributed by atoms with van der Waals surface area (Å²) >= 11 is 0. The van der Waals surface area contributed by atoms with E-state index in [2.05, 4.69) is 10.6 Å². The molecule has 106 valence electrons. The van der Waals surface area contributed by atoms with Gasteiger partial charge in [-0.25, -0.2) is 8.42 Å². The van der Waals surface area contributed by atoms with Crippen LogP contribution in [0.3, 0.4) is 0 Å². The predicted molar refractivity (Wildman–Crippen MR) is 75.9 cm³/mol. The van der Waals surface area contributed by atoms with E-state index >= 15 is 0 Å². The molecule has 0 radical (unpaired) electrons. The smallest absolute Gasteiger partial charge is 0.241 e. The minimum absolute atomic E-state index is 0.0973. The van der Waals surface area contributed by atoms with Gasteiger partial charge in [-0.3, -0.25) is 4.79 Å². The maximum absolute atomic E-state index is 12.1. The Labute approximate surface area is 114 Å². The van der Waals surface area contributed by atoms with E-state index in [1.54, 1.807) is 38.2 Å². The van der Waals surface area contributed by atoms with E-state index in [4.69, 9.17) is 0 Å². The van der Waals surface area contributed by atoms with Gasteiger partial charge in [0.2, 0.25) is 5.91 Å². The largest absolute Gasteiger partial charge is 0.373 e. The number of hydrogen-bond donors (Lipinski definition) is 2. The van der Waals surface area contributed by atoms with E-state index in [9.17, 15) is 13.2 Å². The normalized spacial score (nSPS) is 12.8. The van der Waals surface area contributed by atoms with Crippen molar-refractivity contribution in [2.75, 3.05) is 18.1 Å². The maximum Gasteiger partial charge on any atom is 0.241 e. The van der Waals surface area contributed by atoms with Crippen LogP contribution in [0.4, 0.5) is 5.69 Å². The number of likely N-dealkylation sites (N-methyl/N-ethyl adjacent to an activating group) is 1. The Morgan fingerprint density at radius 2 is 1.95 bits per heavy atom. The first-order valence-corrected chi connectivity index (χ1v) is 7.87. The Morgan fingerprint density at radius 3 is 2.53 bits per heavy atom. The minimum atomic E-state index is -3.31. The first-order chi connectivity index (χ1) is 8.92. The molecule has 1 rings (SSSR count). The van der Waals surface area contributed by atoms with Crippen molar-refractivity contribution in [3.05, 3.63) is 24.3 Å². The molecule has 1 unspecified atom stereocenters. The van der Waals surface area contributed by atoms with Crippen LogP contribution in [-0.2, 0) is 14.6 Å². The zero-order valence-electron chi connectivity index (χ0n) is 11.4. The number of hydrogen-bond acceptors (Lipinski definition) is 4. The summed E-state index contributed by atoms with van der Waals surface area (Å²) in [7, 11) is -1.77. The van der Waals surface area contributed by atoms with Crippen molar-refractivity contribution in [3.8, 4) is 0 Å². The summed E-state index contributed by atoms with van der Waals surface area (Å²) in [6, 6.07) is 6.15. The van der Waals surface area contributed by atoms with Crippen molar-refractivity contribution in [3.63, 3.8) is 0 Å². The zero-order valence-corrected chi connectivity index (χ0v) is 12.3. The van der Waals surface area contributed by atoms with Crippen LogP contribution in [0.25, 0.3) is 0 Å². The molecule has 0 bridgehead atoms. The molecule has 6 heteroatoms. The summed E-state index contributed by atoms with van der Waals surface area (Å²) in [5.74, 6) is -0.0947. The number of amides is 1. The van der Waals surface area contributed by atoms with Gasteiger partial charge in [0.05, 0.1) is 16.3 Å². The van der Waals surface area contributed by atoms with E-state index in [-0.39, 0.29) is 16.6 Å². The molecule has 0 aliphatic rings. The fraction of sp³-hybridized carbons (Fsp3) is 0.462. The Balaban J connectivity index is 3.07. The molecule has 1 aromatic carbocycles. The standard InChI is InChI=1S/C13H20N2O3S/c1-4-9-19(17,18)12-8-6-5-7-11(12)15-10(2)13(16)14-3/h5-8,10,15H,4,9H2,1-3H3,(H,14,16). The molecule has 5 nitrogen and oxygen atoms in total. The fourth-order valence-corrected chi connectivity index (χ4v) is 3.26. The van der Waals surface area contributed by atoms with Crippen molar-refractivity contribution in [2.45, 2.75) is 31.2 Å². The molecule has 0 aromatic heterocycles. The van der Waals surface area contributed by atoms with E-state index < -0.39 is 15.9 Å². The lowest BCUT2D eigenvalue weighted by atomic mass is 10.2. The van der Waals surface area contributed by atoms with Gasteiger partial charge in [-0.1, -0.05) is 19.1 Å². The van der Waals surface area contributed by atoms with Gasteiger partial charge in [-0.05, 0) is 25.5 Å². The predicted octanol–water partition coefficient (Wildman–Crippen LogP) is 1.42. The minimum Gasteiger partial charge on any atom is -0.373 e. The van der Waals surface area contributed by atoms with Gasteiger partial charge in [-0.15, -0.1) is 0 Å². The lowest BCUT2D eigenvalue weighted by molar-refractivity contribution is -0.121. The molecule has 1 amide bonds. The van der Waals surface area contributed by atoms with Crippen LogP contribution < -0.4 is 10.6 Å². The van der Waals surface area contributed by atoms with E-state index in [0.29, 0.717) is 12.1 Å². The number of rotatable bonds is 6. The SMILES string of the molecule is CCCS(=O)(=O)c1ccccc1NC(C)C(=O)NC. The number of nitrogens with one attached hydrogen (secondary N) is 2. The van der Waals surface area contributed by atoms with Crippen LogP contribution >= 0.6 is 0 Å². The highest BCUT2D eigenvalue weighted by Gasteiger charge is 2.19. The van der Waals surface area contributed by atoms with Crippen LogP contribution in [0.1, 0.15) is 20.3 Å². The molecule has 0 fully saturated rings. The Kier molecular flexibility index (Phi) is 5.35. The highest BCUT2D eigenvalue weighted by Crippen LogP contribution is 2.23. The number of anilines is 1. The highest BCUT2D eigenvalue weighted by atomic mass is 32.2. The van der Waals surface area contributed by atoms with Crippen LogP contribution in [0.15, 0.2) is 29.2 Å². The van der Waals surface area contributed by atoms with E-state index in [1.165, 1.54) is 0 Å². The molecule has 1 atom stereocenters. The zero-order chi connectivity index (χ0) is 14.5. The van der Waals surface area contributed by atoms with Gasteiger partial charge >= 0.3 is 0 Å². The highest BCUT2D eigenvalue weighted by molar-refractivity contribution is 7.91. The van der Waals surface area contributed by atoms with Crippen molar-refractivity contribution in [1.82, 2.24) is 5.32 Å². The summed E-state index contributed by atoms with van der Waals surface area (Å²) in [5, 5.41) is 5.45. The second-order valence-electron chi connectivity index (χ2n) is 4.30. The number of sulfone groups is 1. The topological polar surface area (TPSA) is 75.3 Å². The first kappa shape index (κ1) is 15.5. The number of carbonyl (C=O) groups excluding carboxylic acids is 1. The maximum atomic E-state index is 12.1. The third-order valence-corrected chi connectivity index (χ3v) is 4.68. The molecule has 2 N–H and O–H groups in total. The number of carbonyl (C=O) groups is 1. The molecule has 0 heterocycles. The van der Waals surface area contributed by atoms with Crippen LogP contribution in [0.2, 0.25) is 0 Å². The lowest BCUT2D eigenvalue weighted by Crippen LogP contribution is -2.35. The fourth-order valence-electron chi connectivity index (χ4n) is 1.75. The van der Waals surface area contributed by atoms with Crippen LogP contribution in [0, 0.1) is 0 Å². The van der Waals surface area contributed by atoms with Crippen molar-refractivity contribution in [1.29, 1.82) is 0 Å². The van der Waals surface area contributed by atoms with Crippen LogP contribution in [-0.4, -0.2) is 33.2 Å². The molecule has 19 heavy (non-hydrogen) atoms. The van der Waals surface area contributed by atoms with E-state index in [0.717, 1.165) is 0 Å².